The summed E-state index contributed by atoms with van der Waals surface area (Å²) in [5, 5.41) is 0. The van der Waals surface area contributed by atoms with Crippen LogP contribution in [0.5, 0.6) is 0 Å². The Morgan fingerprint density at radius 3 is 2.55 bits per heavy atom. The summed E-state index contributed by atoms with van der Waals surface area (Å²) in [5.41, 5.74) is 0. The standard InChI is InChI=1S/C8H18INS/c1-4-8(7-11-3)5-6-10(2)9/h8H,4-7H2,1-3H3. The lowest BCUT2D eigenvalue weighted by molar-refractivity contribution is 0.463. The van der Waals surface area contributed by atoms with Crippen LogP contribution in [0.4, 0.5) is 0 Å². The number of hydrogen-bond acceptors (Lipinski definition) is 2. The second kappa shape index (κ2) is 7.68. The molecule has 0 bridgehead atoms. The summed E-state index contributed by atoms with van der Waals surface area (Å²) in [4.78, 5) is 0. The molecule has 0 N–H and O–H groups in total. The van der Waals surface area contributed by atoms with Gasteiger partial charge >= 0.3 is 0 Å². The largest absolute Gasteiger partial charge is 0.251 e. The number of rotatable bonds is 6. The molecule has 0 saturated carbocycles. The maximum atomic E-state index is 2.35. The molecule has 1 nitrogen and oxygen atoms in total. The van der Waals surface area contributed by atoms with Gasteiger partial charge in [0.05, 0.1) is 0 Å². The lowest BCUT2D eigenvalue weighted by Gasteiger charge is -2.15. The molecule has 0 spiro atoms. The van der Waals surface area contributed by atoms with Crippen molar-refractivity contribution in [3.05, 3.63) is 0 Å². The molecular formula is C8H18INS. The van der Waals surface area contributed by atoms with Crippen molar-refractivity contribution in [2.45, 2.75) is 19.8 Å². The highest BCUT2D eigenvalue weighted by molar-refractivity contribution is 14.1. The van der Waals surface area contributed by atoms with Crippen LogP contribution in [0.1, 0.15) is 19.8 Å². The lowest BCUT2D eigenvalue weighted by atomic mass is 10.1. The van der Waals surface area contributed by atoms with E-state index in [4.69, 9.17) is 0 Å². The molecule has 0 aliphatic carbocycles. The Kier molecular flexibility index (Phi) is 8.40. The maximum absolute atomic E-state index is 2.35. The van der Waals surface area contributed by atoms with Gasteiger partial charge in [-0.2, -0.15) is 11.8 Å². The SMILES string of the molecule is CCC(CCN(C)I)CSC. The van der Waals surface area contributed by atoms with Crippen LogP contribution in [0.2, 0.25) is 0 Å². The number of nitrogens with zero attached hydrogens (tertiary/aromatic N) is 1. The van der Waals surface area contributed by atoms with Gasteiger partial charge < -0.3 is 0 Å². The van der Waals surface area contributed by atoms with Crippen molar-refractivity contribution < 1.29 is 0 Å². The highest BCUT2D eigenvalue weighted by Gasteiger charge is 2.05. The van der Waals surface area contributed by atoms with Gasteiger partial charge in [0.1, 0.15) is 0 Å². The summed E-state index contributed by atoms with van der Waals surface area (Å²) in [6, 6.07) is 0. The minimum absolute atomic E-state index is 0.919. The third kappa shape index (κ3) is 7.40. The molecule has 11 heavy (non-hydrogen) atoms. The van der Waals surface area contributed by atoms with E-state index < -0.39 is 0 Å². The zero-order chi connectivity index (χ0) is 8.69. The molecule has 0 fully saturated rings. The van der Waals surface area contributed by atoms with Crippen LogP contribution >= 0.6 is 34.6 Å². The molecule has 0 aliphatic rings. The van der Waals surface area contributed by atoms with Gasteiger partial charge in [-0.15, -0.1) is 0 Å². The monoisotopic (exact) mass is 287 g/mol. The van der Waals surface area contributed by atoms with Crippen molar-refractivity contribution >= 4 is 34.6 Å². The first kappa shape index (κ1) is 12.0. The molecule has 1 atom stereocenters. The summed E-state index contributed by atoms with van der Waals surface area (Å²) in [6.45, 7) is 3.51. The van der Waals surface area contributed by atoms with Crippen LogP contribution in [0.25, 0.3) is 0 Å². The molecule has 0 aromatic carbocycles. The van der Waals surface area contributed by atoms with Crippen molar-refractivity contribution in [1.29, 1.82) is 0 Å². The molecule has 3 heteroatoms. The van der Waals surface area contributed by atoms with E-state index in [1.807, 2.05) is 11.8 Å². The molecule has 0 radical (unpaired) electrons. The Hall–Kier alpha value is 1.04. The molecule has 0 aromatic rings. The maximum Gasteiger partial charge on any atom is 0.0198 e. The predicted octanol–water partition coefficient (Wildman–Crippen LogP) is 3.05. The molecule has 0 amide bonds. The van der Waals surface area contributed by atoms with E-state index in [0.717, 1.165) is 5.92 Å². The van der Waals surface area contributed by atoms with E-state index in [1.54, 1.807) is 0 Å². The van der Waals surface area contributed by atoms with E-state index >= 15 is 0 Å². The van der Waals surface area contributed by atoms with Crippen LogP contribution in [0.3, 0.4) is 0 Å². The van der Waals surface area contributed by atoms with Crippen LogP contribution in [0.15, 0.2) is 0 Å². The first-order valence-electron chi connectivity index (χ1n) is 4.06. The van der Waals surface area contributed by atoms with Gasteiger partial charge in [-0.05, 0) is 31.4 Å². The Morgan fingerprint density at radius 2 is 2.18 bits per heavy atom. The summed E-state index contributed by atoms with van der Waals surface area (Å²) in [7, 11) is 2.13. The Balaban J connectivity index is 3.35. The first-order valence-corrected chi connectivity index (χ1v) is 6.42. The number of thioether (sulfide) groups is 1. The van der Waals surface area contributed by atoms with Crippen molar-refractivity contribution in [3.63, 3.8) is 0 Å². The van der Waals surface area contributed by atoms with Crippen molar-refractivity contribution in [2.75, 3.05) is 25.6 Å². The van der Waals surface area contributed by atoms with Crippen LogP contribution < -0.4 is 0 Å². The van der Waals surface area contributed by atoms with Gasteiger partial charge in [0, 0.05) is 29.4 Å². The van der Waals surface area contributed by atoms with Gasteiger partial charge in [0.15, 0.2) is 0 Å². The molecule has 0 aliphatic heterocycles. The topological polar surface area (TPSA) is 3.24 Å². The summed E-state index contributed by atoms with van der Waals surface area (Å²) in [5.74, 6) is 2.24. The Morgan fingerprint density at radius 1 is 1.55 bits per heavy atom. The summed E-state index contributed by atoms with van der Waals surface area (Å²) >= 11 is 4.31. The van der Waals surface area contributed by atoms with Crippen LogP contribution in [0, 0.1) is 5.92 Å². The molecule has 68 valence electrons. The fraction of sp³-hybridized carbons (Fsp3) is 1.00. The van der Waals surface area contributed by atoms with E-state index in [-0.39, 0.29) is 0 Å². The van der Waals surface area contributed by atoms with Gasteiger partial charge in [0.2, 0.25) is 0 Å². The second-order valence-electron chi connectivity index (χ2n) is 2.85. The van der Waals surface area contributed by atoms with Crippen molar-refractivity contribution in [2.24, 2.45) is 5.92 Å². The predicted molar refractivity (Wildman–Crippen MR) is 63.4 cm³/mol. The fourth-order valence-corrected chi connectivity index (χ4v) is 2.15. The van der Waals surface area contributed by atoms with E-state index in [2.05, 4.69) is 46.2 Å². The molecule has 1 unspecified atom stereocenters. The smallest absolute Gasteiger partial charge is 0.0198 e. The second-order valence-corrected chi connectivity index (χ2v) is 5.40. The molecule has 0 heterocycles. The molecular weight excluding hydrogens is 269 g/mol. The fourth-order valence-electron chi connectivity index (χ4n) is 1.00. The van der Waals surface area contributed by atoms with Gasteiger partial charge in [-0.3, -0.25) is 3.11 Å². The minimum atomic E-state index is 0.919. The van der Waals surface area contributed by atoms with E-state index in [1.165, 1.54) is 25.1 Å². The average molecular weight is 287 g/mol. The average Bonchev–Trinajstić information content (AvgIpc) is 1.97. The minimum Gasteiger partial charge on any atom is -0.251 e. The molecule has 0 rings (SSSR count). The zero-order valence-corrected chi connectivity index (χ0v) is 10.6. The van der Waals surface area contributed by atoms with Gasteiger partial charge in [-0.25, -0.2) is 0 Å². The molecule has 0 saturated heterocycles. The van der Waals surface area contributed by atoms with Crippen LogP contribution in [-0.4, -0.2) is 28.7 Å². The highest BCUT2D eigenvalue weighted by atomic mass is 127. The van der Waals surface area contributed by atoms with E-state index in [0.29, 0.717) is 0 Å². The van der Waals surface area contributed by atoms with Gasteiger partial charge in [0.25, 0.3) is 0 Å². The zero-order valence-electron chi connectivity index (χ0n) is 7.64. The number of hydrogen-bond donors (Lipinski definition) is 0. The number of halogens is 1. The Labute approximate surface area is 88.8 Å². The lowest BCUT2D eigenvalue weighted by Crippen LogP contribution is -2.12. The van der Waals surface area contributed by atoms with Gasteiger partial charge in [-0.1, -0.05) is 13.3 Å². The summed E-state index contributed by atoms with van der Waals surface area (Å²) < 4.78 is 2.24. The highest BCUT2D eigenvalue weighted by Crippen LogP contribution is 2.14. The summed E-state index contributed by atoms with van der Waals surface area (Å²) in [6.07, 6.45) is 4.86. The van der Waals surface area contributed by atoms with Crippen LogP contribution in [-0.2, 0) is 0 Å². The first-order chi connectivity index (χ1) is 5.20. The third-order valence-corrected chi connectivity index (χ3v) is 3.11. The van der Waals surface area contributed by atoms with Crippen molar-refractivity contribution in [1.82, 2.24) is 3.11 Å². The Bertz CT molecular complexity index is 88.2. The molecule has 0 aromatic heterocycles. The normalized spacial score (nSPS) is 13.9. The third-order valence-electron chi connectivity index (χ3n) is 1.83. The van der Waals surface area contributed by atoms with Crippen molar-refractivity contribution in [3.8, 4) is 0 Å². The quantitative estimate of drug-likeness (QED) is 0.545. The van der Waals surface area contributed by atoms with E-state index in [9.17, 15) is 0 Å².